The smallest absolute Gasteiger partial charge is 0.294 e. The lowest BCUT2D eigenvalue weighted by Gasteiger charge is -2.12. The Hall–Kier alpha value is -3.42. The molecule has 8 heteroatoms. The third-order valence-electron chi connectivity index (χ3n) is 3.71. The predicted octanol–water partition coefficient (Wildman–Crippen LogP) is 3.41. The zero-order valence-electron chi connectivity index (χ0n) is 12.4. The molecule has 0 aromatic heterocycles. The predicted molar refractivity (Wildman–Crippen MR) is 85.0 cm³/mol. The molecular formula is C16H12N2O6. The minimum absolute atomic E-state index is 0.196. The van der Waals surface area contributed by atoms with Crippen LogP contribution >= 0.6 is 0 Å². The summed E-state index contributed by atoms with van der Waals surface area (Å²) >= 11 is 0. The van der Waals surface area contributed by atoms with E-state index in [0.717, 1.165) is 21.5 Å². The van der Waals surface area contributed by atoms with Crippen LogP contribution in [-0.4, -0.2) is 10.2 Å². The Labute approximate surface area is 135 Å². The van der Waals surface area contributed by atoms with Gasteiger partial charge in [-0.05, 0) is 44.8 Å². The Morgan fingerprint density at radius 1 is 0.750 bits per heavy atom. The van der Waals surface area contributed by atoms with Gasteiger partial charge in [0.25, 0.3) is 10.2 Å². The summed E-state index contributed by atoms with van der Waals surface area (Å²) in [6.45, 7) is -0.392. The zero-order valence-corrected chi connectivity index (χ0v) is 12.4. The molecule has 0 radical (unpaired) electrons. The van der Waals surface area contributed by atoms with E-state index in [9.17, 15) is 20.2 Å². The van der Waals surface area contributed by atoms with Gasteiger partial charge in [-0.15, -0.1) is 20.2 Å². The van der Waals surface area contributed by atoms with Gasteiger partial charge in [0, 0.05) is 0 Å². The van der Waals surface area contributed by atoms with Crippen LogP contribution in [0.15, 0.2) is 48.5 Å². The minimum atomic E-state index is -0.851. The minimum Gasteiger partial charge on any atom is -0.309 e. The first-order valence-electron chi connectivity index (χ1n) is 7.02. The number of fused-ring (bicyclic) bond motifs is 2. The van der Waals surface area contributed by atoms with E-state index in [-0.39, 0.29) is 13.2 Å². The fraction of sp³-hybridized carbons (Fsp3) is 0.125. The van der Waals surface area contributed by atoms with Gasteiger partial charge in [-0.2, -0.15) is 0 Å². The molecule has 0 atom stereocenters. The van der Waals surface area contributed by atoms with Crippen LogP contribution in [0.3, 0.4) is 0 Å². The quantitative estimate of drug-likeness (QED) is 0.390. The van der Waals surface area contributed by atoms with Crippen molar-refractivity contribution >= 4 is 21.5 Å². The summed E-state index contributed by atoms with van der Waals surface area (Å²) in [6.07, 6.45) is 0. The Balaban J connectivity index is 2.15. The molecule has 24 heavy (non-hydrogen) atoms. The number of hydrogen-bond donors (Lipinski definition) is 0. The fourth-order valence-corrected chi connectivity index (χ4v) is 2.65. The maximum absolute atomic E-state index is 10.5. The summed E-state index contributed by atoms with van der Waals surface area (Å²) in [5.74, 6) is 0. The number of hydrogen-bond acceptors (Lipinski definition) is 6. The molecule has 0 aliphatic carbocycles. The van der Waals surface area contributed by atoms with E-state index in [4.69, 9.17) is 0 Å². The van der Waals surface area contributed by atoms with Crippen molar-refractivity contribution in [2.24, 2.45) is 0 Å². The van der Waals surface area contributed by atoms with Gasteiger partial charge in [0.2, 0.25) is 0 Å². The third-order valence-corrected chi connectivity index (χ3v) is 3.71. The fourth-order valence-electron chi connectivity index (χ4n) is 2.65. The molecule has 0 N–H and O–H groups in total. The first kappa shape index (κ1) is 15.5. The van der Waals surface area contributed by atoms with Crippen LogP contribution in [0.4, 0.5) is 0 Å². The molecule has 0 unspecified atom stereocenters. The molecular weight excluding hydrogens is 316 g/mol. The van der Waals surface area contributed by atoms with Gasteiger partial charge in [0.15, 0.2) is 0 Å². The van der Waals surface area contributed by atoms with E-state index in [1.165, 1.54) is 0 Å². The summed E-state index contributed by atoms with van der Waals surface area (Å²) in [5.41, 5.74) is 1.25. The second-order valence-electron chi connectivity index (χ2n) is 5.12. The summed E-state index contributed by atoms with van der Waals surface area (Å²) in [5, 5.41) is 22.6. The molecule has 3 aromatic carbocycles. The number of benzene rings is 3. The van der Waals surface area contributed by atoms with Crippen molar-refractivity contribution in [3.8, 4) is 0 Å². The standard InChI is InChI=1S/C16H12N2O6/c19-17(20)23-9-13-5-6-14(10-24-18(21)22)16-8-12-4-2-1-3-11(12)7-15(13)16/h1-8H,9-10H2. The SMILES string of the molecule is O=[N+]([O-])OCc1ccc(CO[N+](=O)[O-])c2cc3ccccc3cc12. The molecule has 0 saturated carbocycles. The second-order valence-corrected chi connectivity index (χ2v) is 5.12. The normalized spacial score (nSPS) is 10.7. The van der Waals surface area contributed by atoms with Crippen molar-refractivity contribution in [2.45, 2.75) is 13.2 Å². The molecule has 3 aromatic rings. The van der Waals surface area contributed by atoms with E-state index in [1.807, 2.05) is 36.4 Å². The van der Waals surface area contributed by atoms with E-state index >= 15 is 0 Å². The summed E-state index contributed by atoms with van der Waals surface area (Å²) in [7, 11) is 0. The highest BCUT2D eigenvalue weighted by molar-refractivity contribution is 6.01. The Morgan fingerprint density at radius 3 is 1.54 bits per heavy atom. The van der Waals surface area contributed by atoms with E-state index < -0.39 is 10.2 Å². The van der Waals surface area contributed by atoms with Gasteiger partial charge in [0.05, 0.1) is 0 Å². The van der Waals surface area contributed by atoms with Gasteiger partial charge in [-0.25, -0.2) is 0 Å². The molecule has 3 rings (SSSR count). The van der Waals surface area contributed by atoms with Crippen molar-refractivity contribution < 1.29 is 19.8 Å². The number of rotatable bonds is 6. The highest BCUT2D eigenvalue weighted by atomic mass is 17.0. The summed E-state index contributed by atoms with van der Waals surface area (Å²) in [4.78, 5) is 29.8. The van der Waals surface area contributed by atoms with Gasteiger partial charge in [0.1, 0.15) is 13.2 Å². The molecule has 0 aliphatic rings. The lowest BCUT2D eigenvalue weighted by Crippen LogP contribution is -2.04. The monoisotopic (exact) mass is 328 g/mol. The largest absolute Gasteiger partial charge is 0.309 e. The highest BCUT2D eigenvalue weighted by Crippen LogP contribution is 2.29. The zero-order chi connectivity index (χ0) is 17.1. The van der Waals surface area contributed by atoms with Gasteiger partial charge in [-0.3, -0.25) is 0 Å². The van der Waals surface area contributed by atoms with E-state index in [0.29, 0.717) is 11.1 Å². The average molecular weight is 328 g/mol. The lowest BCUT2D eigenvalue weighted by molar-refractivity contribution is -0.763. The average Bonchev–Trinajstić information content (AvgIpc) is 2.56. The van der Waals surface area contributed by atoms with E-state index in [2.05, 4.69) is 9.68 Å². The van der Waals surface area contributed by atoms with Crippen molar-refractivity contribution in [2.75, 3.05) is 0 Å². The maximum atomic E-state index is 10.5. The molecule has 0 fully saturated rings. The van der Waals surface area contributed by atoms with Crippen LogP contribution in [0.5, 0.6) is 0 Å². The first-order valence-corrected chi connectivity index (χ1v) is 7.02. The van der Waals surface area contributed by atoms with Crippen LogP contribution in [0.25, 0.3) is 21.5 Å². The van der Waals surface area contributed by atoms with Crippen LogP contribution in [0.1, 0.15) is 11.1 Å². The lowest BCUT2D eigenvalue weighted by atomic mass is 9.96. The molecule has 8 nitrogen and oxygen atoms in total. The van der Waals surface area contributed by atoms with Crippen LogP contribution in [-0.2, 0) is 22.9 Å². The van der Waals surface area contributed by atoms with Gasteiger partial charge >= 0.3 is 0 Å². The molecule has 0 bridgehead atoms. The summed E-state index contributed by atoms with van der Waals surface area (Å²) < 4.78 is 0. The maximum Gasteiger partial charge on any atom is 0.294 e. The van der Waals surface area contributed by atoms with Crippen molar-refractivity contribution in [1.82, 2.24) is 0 Å². The van der Waals surface area contributed by atoms with Crippen molar-refractivity contribution in [3.05, 3.63) is 79.9 Å². The highest BCUT2D eigenvalue weighted by Gasteiger charge is 2.10. The van der Waals surface area contributed by atoms with Crippen LogP contribution in [0, 0.1) is 20.2 Å². The Morgan fingerprint density at radius 2 is 1.17 bits per heavy atom. The third kappa shape index (κ3) is 3.17. The van der Waals surface area contributed by atoms with Crippen LogP contribution in [0.2, 0.25) is 0 Å². The first-order chi connectivity index (χ1) is 11.5. The topological polar surface area (TPSA) is 105 Å². The van der Waals surface area contributed by atoms with Gasteiger partial charge in [-0.1, -0.05) is 36.4 Å². The molecule has 0 heterocycles. The van der Waals surface area contributed by atoms with E-state index in [1.54, 1.807) is 12.1 Å². The molecule has 122 valence electrons. The Bertz CT molecular complexity index is 864. The van der Waals surface area contributed by atoms with Crippen molar-refractivity contribution in [1.29, 1.82) is 0 Å². The van der Waals surface area contributed by atoms with Gasteiger partial charge < -0.3 is 9.68 Å². The number of nitrogens with zero attached hydrogens (tertiary/aromatic N) is 2. The molecule has 0 amide bonds. The molecule has 0 aliphatic heterocycles. The van der Waals surface area contributed by atoms with Crippen LogP contribution < -0.4 is 0 Å². The summed E-state index contributed by atoms with van der Waals surface area (Å²) in [6, 6.07) is 14.7. The second kappa shape index (κ2) is 6.37. The Kier molecular flexibility index (Phi) is 4.11. The molecule has 0 spiro atoms. The molecule has 0 saturated heterocycles. The van der Waals surface area contributed by atoms with Crippen molar-refractivity contribution in [3.63, 3.8) is 0 Å².